The van der Waals surface area contributed by atoms with Gasteiger partial charge in [-0.1, -0.05) is 36.4 Å². The van der Waals surface area contributed by atoms with Crippen LogP contribution in [0.15, 0.2) is 42.5 Å². The maximum Gasteiger partial charge on any atom is 0.150 e. The SMILES string of the molecule is NC(c1ccc2ccccc2c1)C1CCS(=O)(=O)C1. The smallest absolute Gasteiger partial charge is 0.150 e. The first-order valence-electron chi connectivity index (χ1n) is 6.50. The Morgan fingerprint density at radius 2 is 1.84 bits per heavy atom. The van der Waals surface area contributed by atoms with E-state index >= 15 is 0 Å². The van der Waals surface area contributed by atoms with Gasteiger partial charge in [-0.15, -0.1) is 0 Å². The van der Waals surface area contributed by atoms with Gasteiger partial charge in [0.1, 0.15) is 0 Å². The van der Waals surface area contributed by atoms with Gasteiger partial charge in [-0.3, -0.25) is 0 Å². The highest BCUT2D eigenvalue weighted by molar-refractivity contribution is 7.91. The summed E-state index contributed by atoms with van der Waals surface area (Å²) < 4.78 is 23.1. The molecule has 0 amide bonds. The van der Waals surface area contributed by atoms with Crippen LogP contribution in [0.4, 0.5) is 0 Å². The lowest BCUT2D eigenvalue weighted by atomic mass is 9.92. The summed E-state index contributed by atoms with van der Waals surface area (Å²) in [5.74, 6) is 0.547. The van der Waals surface area contributed by atoms with E-state index in [1.165, 1.54) is 5.39 Å². The minimum atomic E-state index is -2.87. The van der Waals surface area contributed by atoms with E-state index in [1.807, 2.05) is 24.3 Å². The van der Waals surface area contributed by atoms with Gasteiger partial charge in [-0.05, 0) is 34.7 Å². The predicted molar refractivity (Wildman–Crippen MR) is 77.6 cm³/mol. The maximum atomic E-state index is 11.5. The first kappa shape index (κ1) is 12.6. The van der Waals surface area contributed by atoms with Gasteiger partial charge >= 0.3 is 0 Å². The van der Waals surface area contributed by atoms with Crippen LogP contribution < -0.4 is 5.73 Å². The Morgan fingerprint density at radius 1 is 1.11 bits per heavy atom. The van der Waals surface area contributed by atoms with Crippen LogP contribution in [0.5, 0.6) is 0 Å². The summed E-state index contributed by atoms with van der Waals surface area (Å²) in [6, 6.07) is 14.1. The lowest BCUT2D eigenvalue weighted by molar-refractivity contribution is 0.480. The van der Waals surface area contributed by atoms with Crippen LogP contribution in [0.25, 0.3) is 10.8 Å². The molecule has 19 heavy (non-hydrogen) atoms. The highest BCUT2D eigenvalue weighted by Crippen LogP contribution is 2.31. The van der Waals surface area contributed by atoms with E-state index in [0.717, 1.165) is 10.9 Å². The summed E-state index contributed by atoms with van der Waals surface area (Å²) >= 11 is 0. The lowest BCUT2D eigenvalue weighted by Crippen LogP contribution is -2.22. The monoisotopic (exact) mass is 275 g/mol. The van der Waals surface area contributed by atoms with Crippen molar-refractivity contribution in [3.05, 3.63) is 48.0 Å². The van der Waals surface area contributed by atoms with Crippen LogP contribution in [0.1, 0.15) is 18.0 Å². The molecule has 1 fully saturated rings. The Bertz CT molecular complexity index is 709. The molecule has 0 bridgehead atoms. The van der Waals surface area contributed by atoms with Crippen LogP contribution in [0, 0.1) is 5.92 Å². The molecule has 0 aliphatic carbocycles. The second-order valence-corrected chi connectivity index (χ2v) is 7.52. The summed E-state index contributed by atoms with van der Waals surface area (Å²) in [6.07, 6.45) is 0.677. The maximum absolute atomic E-state index is 11.5. The van der Waals surface area contributed by atoms with Gasteiger partial charge in [-0.25, -0.2) is 8.42 Å². The molecule has 1 aliphatic rings. The molecule has 2 unspecified atom stereocenters. The molecule has 1 saturated heterocycles. The van der Waals surface area contributed by atoms with E-state index in [1.54, 1.807) is 0 Å². The van der Waals surface area contributed by atoms with Crippen molar-refractivity contribution in [1.82, 2.24) is 0 Å². The molecule has 1 heterocycles. The first-order valence-corrected chi connectivity index (χ1v) is 8.32. The number of hydrogen-bond acceptors (Lipinski definition) is 3. The van der Waals surface area contributed by atoms with Crippen molar-refractivity contribution in [2.45, 2.75) is 12.5 Å². The van der Waals surface area contributed by atoms with Gasteiger partial charge in [0.2, 0.25) is 0 Å². The van der Waals surface area contributed by atoms with Crippen molar-refractivity contribution in [3.8, 4) is 0 Å². The van der Waals surface area contributed by atoms with Gasteiger partial charge in [-0.2, -0.15) is 0 Å². The number of fused-ring (bicyclic) bond motifs is 1. The summed E-state index contributed by atoms with van der Waals surface area (Å²) in [5.41, 5.74) is 7.28. The van der Waals surface area contributed by atoms with Crippen molar-refractivity contribution in [2.24, 2.45) is 11.7 Å². The molecule has 0 aromatic heterocycles. The Morgan fingerprint density at radius 3 is 2.53 bits per heavy atom. The summed E-state index contributed by atoms with van der Waals surface area (Å²) in [5, 5.41) is 2.33. The minimum Gasteiger partial charge on any atom is -0.324 e. The molecule has 0 saturated carbocycles. The van der Waals surface area contributed by atoms with E-state index in [4.69, 9.17) is 5.73 Å². The average Bonchev–Trinajstić information content (AvgIpc) is 2.78. The second kappa shape index (κ2) is 4.62. The van der Waals surface area contributed by atoms with Crippen LogP contribution in [-0.2, 0) is 9.84 Å². The fourth-order valence-corrected chi connectivity index (χ4v) is 4.65. The van der Waals surface area contributed by atoms with Crippen molar-refractivity contribution in [3.63, 3.8) is 0 Å². The van der Waals surface area contributed by atoms with Gasteiger partial charge < -0.3 is 5.73 Å². The molecular weight excluding hydrogens is 258 g/mol. The van der Waals surface area contributed by atoms with Crippen LogP contribution in [0.2, 0.25) is 0 Å². The van der Waals surface area contributed by atoms with Crippen molar-refractivity contribution >= 4 is 20.6 Å². The normalized spacial score (nSPS) is 23.5. The third-order valence-corrected chi connectivity index (χ3v) is 5.73. The number of sulfone groups is 1. The summed E-state index contributed by atoms with van der Waals surface area (Å²) in [6.45, 7) is 0. The Labute approximate surface area is 113 Å². The van der Waals surface area contributed by atoms with E-state index in [9.17, 15) is 8.42 Å². The van der Waals surface area contributed by atoms with Crippen molar-refractivity contribution in [2.75, 3.05) is 11.5 Å². The van der Waals surface area contributed by atoms with Gasteiger partial charge in [0.25, 0.3) is 0 Å². The van der Waals surface area contributed by atoms with Crippen molar-refractivity contribution in [1.29, 1.82) is 0 Å². The largest absolute Gasteiger partial charge is 0.324 e. The number of nitrogens with two attached hydrogens (primary N) is 1. The van der Waals surface area contributed by atoms with Gasteiger partial charge in [0.05, 0.1) is 11.5 Å². The molecule has 3 rings (SSSR count). The highest BCUT2D eigenvalue weighted by atomic mass is 32.2. The number of benzene rings is 2. The second-order valence-electron chi connectivity index (χ2n) is 5.30. The Hall–Kier alpha value is -1.39. The third-order valence-electron chi connectivity index (χ3n) is 3.93. The molecule has 0 spiro atoms. The molecule has 2 atom stereocenters. The zero-order valence-corrected chi connectivity index (χ0v) is 11.4. The summed E-state index contributed by atoms with van der Waals surface area (Å²) in [7, 11) is -2.87. The Balaban J connectivity index is 1.91. The van der Waals surface area contributed by atoms with Crippen LogP contribution in [-0.4, -0.2) is 19.9 Å². The zero-order valence-electron chi connectivity index (χ0n) is 10.6. The molecule has 2 aromatic carbocycles. The standard InChI is InChI=1S/C15H17NO2S/c16-15(14-7-8-19(17,18)10-14)13-6-5-11-3-1-2-4-12(11)9-13/h1-6,9,14-15H,7-8,10,16H2. The summed E-state index contributed by atoms with van der Waals surface area (Å²) in [4.78, 5) is 0. The highest BCUT2D eigenvalue weighted by Gasteiger charge is 2.32. The topological polar surface area (TPSA) is 60.2 Å². The van der Waals surface area contributed by atoms with Gasteiger partial charge in [0, 0.05) is 6.04 Å². The van der Waals surface area contributed by atoms with Crippen LogP contribution in [0.3, 0.4) is 0 Å². The molecule has 4 heteroatoms. The van der Waals surface area contributed by atoms with Crippen molar-refractivity contribution < 1.29 is 8.42 Å². The Kier molecular flexibility index (Phi) is 3.07. The van der Waals surface area contributed by atoms with E-state index in [0.29, 0.717) is 6.42 Å². The van der Waals surface area contributed by atoms with E-state index in [2.05, 4.69) is 18.2 Å². The number of rotatable bonds is 2. The third kappa shape index (κ3) is 2.51. The van der Waals surface area contributed by atoms with Gasteiger partial charge in [0.15, 0.2) is 9.84 Å². The minimum absolute atomic E-state index is 0.0474. The quantitative estimate of drug-likeness (QED) is 0.914. The first-order chi connectivity index (χ1) is 9.05. The molecule has 0 radical (unpaired) electrons. The van der Waals surface area contributed by atoms with E-state index < -0.39 is 9.84 Å². The molecule has 3 nitrogen and oxygen atoms in total. The molecule has 1 aliphatic heterocycles. The van der Waals surface area contributed by atoms with Crippen LogP contribution >= 0.6 is 0 Å². The number of hydrogen-bond donors (Lipinski definition) is 1. The molecule has 2 N–H and O–H groups in total. The average molecular weight is 275 g/mol. The molecule has 2 aromatic rings. The zero-order chi connectivity index (χ0) is 13.5. The van der Waals surface area contributed by atoms with E-state index in [-0.39, 0.29) is 23.5 Å². The fourth-order valence-electron chi connectivity index (χ4n) is 2.79. The fraction of sp³-hybridized carbons (Fsp3) is 0.333. The lowest BCUT2D eigenvalue weighted by Gasteiger charge is -2.18. The predicted octanol–water partition coefficient (Wildman–Crippen LogP) is 2.27. The molecular formula is C15H17NO2S. The molecule has 100 valence electrons.